The van der Waals surface area contributed by atoms with Gasteiger partial charge in [-0.15, -0.1) is 5.10 Å². The zero-order chi connectivity index (χ0) is 17.9. The highest BCUT2D eigenvalue weighted by atomic mass is 32.2. The minimum Gasteiger partial charge on any atom is -0.354 e. The van der Waals surface area contributed by atoms with Crippen molar-refractivity contribution in [3.8, 4) is 0 Å². The quantitative estimate of drug-likeness (QED) is 0.772. The highest BCUT2D eigenvalue weighted by molar-refractivity contribution is 7.91. The lowest BCUT2D eigenvalue weighted by molar-refractivity contribution is 0.598. The number of hydrogen-bond acceptors (Lipinski definition) is 7. The molecule has 1 aliphatic heterocycles. The molecule has 1 aromatic carbocycles. The molecule has 7 nitrogen and oxygen atoms in total. The second kappa shape index (κ2) is 7.35. The molecule has 0 N–H and O–H groups in total. The van der Waals surface area contributed by atoms with Crippen LogP contribution in [-0.2, 0) is 16.4 Å². The van der Waals surface area contributed by atoms with Gasteiger partial charge in [0.05, 0.1) is 17.7 Å². The van der Waals surface area contributed by atoms with Crippen molar-refractivity contribution in [2.24, 2.45) is 0 Å². The molecule has 2 heterocycles. The lowest BCUT2D eigenvalue weighted by Crippen LogP contribution is -2.37. The Morgan fingerprint density at radius 3 is 2.64 bits per heavy atom. The van der Waals surface area contributed by atoms with E-state index in [1.807, 2.05) is 42.0 Å². The minimum absolute atomic E-state index is 0.0773. The maximum Gasteiger partial charge on any atom is 0.247 e. The van der Waals surface area contributed by atoms with Crippen LogP contribution in [0.5, 0.6) is 0 Å². The normalized spacial score (nSPS) is 18.9. The third kappa shape index (κ3) is 4.25. The monoisotopic (exact) mass is 361 g/mol. The minimum atomic E-state index is -2.95. The van der Waals surface area contributed by atoms with Gasteiger partial charge in [0.1, 0.15) is 0 Å². The van der Waals surface area contributed by atoms with Gasteiger partial charge in [-0.25, -0.2) is 8.42 Å². The van der Waals surface area contributed by atoms with E-state index in [4.69, 9.17) is 0 Å². The molecule has 0 aliphatic carbocycles. The van der Waals surface area contributed by atoms with E-state index in [1.54, 1.807) is 6.20 Å². The number of nitrogens with zero attached hydrogens (tertiary/aromatic N) is 5. The van der Waals surface area contributed by atoms with Crippen molar-refractivity contribution in [2.45, 2.75) is 25.9 Å². The van der Waals surface area contributed by atoms with Gasteiger partial charge in [-0.2, -0.15) is 10.1 Å². The summed E-state index contributed by atoms with van der Waals surface area (Å²) >= 11 is 0. The van der Waals surface area contributed by atoms with E-state index in [9.17, 15) is 8.42 Å². The molecule has 0 spiro atoms. The third-order valence-corrected chi connectivity index (χ3v) is 6.19. The molecule has 0 bridgehead atoms. The first-order valence-corrected chi connectivity index (χ1v) is 10.2. The maximum absolute atomic E-state index is 11.8. The Balaban J connectivity index is 1.78. The van der Waals surface area contributed by atoms with Gasteiger partial charge in [-0.05, 0) is 18.9 Å². The Morgan fingerprint density at radius 1 is 1.24 bits per heavy atom. The fourth-order valence-electron chi connectivity index (χ4n) is 3.11. The summed E-state index contributed by atoms with van der Waals surface area (Å²) in [6.45, 7) is 3.34. The summed E-state index contributed by atoms with van der Waals surface area (Å²) < 4.78 is 23.6. The van der Waals surface area contributed by atoms with Gasteiger partial charge in [0, 0.05) is 26.2 Å². The van der Waals surface area contributed by atoms with Gasteiger partial charge in [0.15, 0.2) is 15.7 Å². The van der Waals surface area contributed by atoms with Crippen LogP contribution in [0.1, 0.15) is 18.9 Å². The van der Waals surface area contributed by atoms with Crippen LogP contribution in [0.4, 0.5) is 11.8 Å². The fraction of sp³-hybridized carbons (Fsp3) is 0.471. The van der Waals surface area contributed by atoms with E-state index in [0.717, 1.165) is 0 Å². The molecule has 1 saturated heterocycles. The van der Waals surface area contributed by atoms with Crippen LogP contribution in [0.3, 0.4) is 0 Å². The number of anilines is 2. The van der Waals surface area contributed by atoms with Crippen molar-refractivity contribution in [2.75, 3.05) is 34.9 Å². The average Bonchev–Trinajstić information content (AvgIpc) is 2.96. The molecule has 0 radical (unpaired) electrons. The van der Waals surface area contributed by atoms with Gasteiger partial charge in [-0.1, -0.05) is 30.3 Å². The average molecular weight is 361 g/mol. The summed E-state index contributed by atoms with van der Waals surface area (Å²) in [5, 5.41) is 8.21. The van der Waals surface area contributed by atoms with Crippen LogP contribution in [0, 0.1) is 0 Å². The summed E-state index contributed by atoms with van der Waals surface area (Å²) in [7, 11) is -0.998. The molecule has 1 aliphatic rings. The van der Waals surface area contributed by atoms with Crippen molar-refractivity contribution >= 4 is 21.6 Å². The van der Waals surface area contributed by atoms with Crippen molar-refractivity contribution in [3.05, 3.63) is 42.1 Å². The molecule has 134 valence electrons. The molecule has 1 fully saturated rings. The second-order valence-electron chi connectivity index (χ2n) is 6.30. The van der Waals surface area contributed by atoms with Crippen LogP contribution in [-0.4, -0.2) is 54.7 Å². The highest BCUT2D eigenvalue weighted by Crippen LogP contribution is 2.22. The SMILES string of the molecule is CCN(c1nncc(N(C)Cc2ccccc2)n1)C1CCS(=O)(=O)C1. The Morgan fingerprint density at radius 2 is 2.00 bits per heavy atom. The molecule has 2 aromatic rings. The molecular weight excluding hydrogens is 338 g/mol. The number of benzene rings is 1. The molecule has 3 rings (SSSR count). The molecule has 0 amide bonds. The molecule has 1 atom stereocenters. The summed E-state index contributed by atoms with van der Waals surface area (Å²) in [5.74, 6) is 1.60. The molecule has 0 saturated carbocycles. The van der Waals surface area contributed by atoms with Crippen LogP contribution >= 0.6 is 0 Å². The van der Waals surface area contributed by atoms with Gasteiger partial charge in [-0.3, -0.25) is 0 Å². The standard InChI is InChI=1S/C17H23N5O2S/c1-3-22(15-9-10-25(23,24)13-15)17-19-16(11-18-20-17)21(2)12-14-7-5-4-6-8-14/h4-8,11,15H,3,9-10,12-13H2,1-2H3. The predicted molar refractivity (Wildman–Crippen MR) is 98.5 cm³/mol. The number of aromatic nitrogens is 3. The van der Waals surface area contributed by atoms with Crippen molar-refractivity contribution in [1.29, 1.82) is 0 Å². The zero-order valence-electron chi connectivity index (χ0n) is 14.5. The third-order valence-electron chi connectivity index (χ3n) is 4.44. The fourth-order valence-corrected chi connectivity index (χ4v) is 4.84. The van der Waals surface area contributed by atoms with Crippen LogP contribution in [0.2, 0.25) is 0 Å². The maximum atomic E-state index is 11.8. The van der Waals surface area contributed by atoms with E-state index in [0.29, 0.717) is 31.3 Å². The van der Waals surface area contributed by atoms with Crippen molar-refractivity contribution in [1.82, 2.24) is 15.2 Å². The molecule has 1 aromatic heterocycles. The zero-order valence-corrected chi connectivity index (χ0v) is 15.4. The summed E-state index contributed by atoms with van der Waals surface area (Å²) in [5.41, 5.74) is 1.18. The number of sulfone groups is 1. The lowest BCUT2D eigenvalue weighted by Gasteiger charge is -2.27. The Labute approximate surface area is 148 Å². The van der Waals surface area contributed by atoms with Gasteiger partial charge in [0.25, 0.3) is 0 Å². The van der Waals surface area contributed by atoms with E-state index in [1.165, 1.54) is 5.56 Å². The lowest BCUT2D eigenvalue weighted by atomic mass is 10.2. The van der Waals surface area contributed by atoms with Gasteiger partial charge < -0.3 is 9.80 Å². The summed E-state index contributed by atoms with van der Waals surface area (Å²) in [6.07, 6.45) is 2.25. The van der Waals surface area contributed by atoms with Crippen LogP contribution < -0.4 is 9.80 Å². The first-order valence-electron chi connectivity index (χ1n) is 8.40. The molecule has 1 unspecified atom stereocenters. The first kappa shape index (κ1) is 17.6. The molecular formula is C17H23N5O2S. The van der Waals surface area contributed by atoms with E-state index >= 15 is 0 Å². The van der Waals surface area contributed by atoms with E-state index in [2.05, 4.69) is 27.3 Å². The Bertz CT molecular complexity index is 813. The first-order chi connectivity index (χ1) is 12.0. The Hall–Kier alpha value is -2.22. The molecule has 8 heteroatoms. The van der Waals surface area contributed by atoms with E-state index < -0.39 is 9.84 Å². The van der Waals surface area contributed by atoms with Crippen LogP contribution in [0.25, 0.3) is 0 Å². The van der Waals surface area contributed by atoms with Gasteiger partial charge in [0.2, 0.25) is 5.95 Å². The Kier molecular flexibility index (Phi) is 5.17. The van der Waals surface area contributed by atoms with Gasteiger partial charge >= 0.3 is 0 Å². The van der Waals surface area contributed by atoms with Crippen LogP contribution in [0.15, 0.2) is 36.5 Å². The summed E-state index contributed by atoms with van der Waals surface area (Å²) in [6, 6.07) is 10.1. The number of rotatable bonds is 6. The second-order valence-corrected chi connectivity index (χ2v) is 8.53. The van der Waals surface area contributed by atoms with E-state index in [-0.39, 0.29) is 17.5 Å². The van der Waals surface area contributed by atoms with Crippen molar-refractivity contribution < 1.29 is 8.42 Å². The predicted octanol–water partition coefficient (Wildman–Crippen LogP) is 1.52. The van der Waals surface area contributed by atoms with Crippen molar-refractivity contribution in [3.63, 3.8) is 0 Å². The smallest absolute Gasteiger partial charge is 0.247 e. The largest absolute Gasteiger partial charge is 0.354 e. The highest BCUT2D eigenvalue weighted by Gasteiger charge is 2.33. The molecule has 25 heavy (non-hydrogen) atoms. The summed E-state index contributed by atoms with van der Waals surface area (Å²) in [4.78, 5) is 8.56. The number of hydrogen-bond donors (Lipinski definition) is 0. The topological polar surface area (TPSA) is 79.3 Å².